The zero-order valence-corrected chi connectivity index (χ0v) is 12.0. The van der Waals surface area contributed by atoms with Gasteiger partial charge < -0.3 is 9.80 Å². The van der Waals surface area contributed by atoms with Crippen molar-refractivity contribution in [1.29, 1.82) is 0 Å². The molecule has 0 radical (unpaired) electrons. The molecule has 0 aliphatic carbocycles. The highest BCUT2D eigenvalue weighted by molar-refractivity contribution is 5.87. The molecule has 0 rings (SSSR count). The first-order chi connectivity index (χ1) is 8.07. The van der Waals surface area contributed by atoms with Crippen LogP contribution in [0.2, 0.25) is 0 Å². The highest BCUT2D eigenvalue weighted by atomic mass is 16.1. The third-order valence-corrected chi connectivity index (χ3v) is 3.99. The summed E-state index contributed by atoms with van der Waals surface area (Å²) in [5.41, 5.74) is 0. The number of nitrogens with one attached hydrogen (secondary N) is 1. The third-order valence-electron chi connectivity index (χ3n) is 3.99. The average molecular weight is 241 g/mol. The molecule has 0 spiro atoms. The van der Waals surface area contributed by atoms with E-state index in [2.05, 4.69) is 39.6 Å². The molecule has 1 atom stereocenters. The van der Waals surface area contributed by atoms with Crippen molar-refractivity contribution in [2.45, 2.75) is 46.6 Å². The number of hydrogen-bond donors (Lipinski definition) is 1. The number of hydrogen-bond acceptors (Lipinski definition) is 1. The van der Waals surface area contributed by atoms with E-state index in [1.807, 2.05) is 0 Å². The molecule has 1 amide bonds. The molecule has 0 saturated carbocycles. The van der Waals surface area contributed by atoms with Gasteiger partial charge in [0.15, 0.2) is 0 Å². The van der Waals surface area contributed by atoms with Gasteiger partial charge in [-0.15, -0.1) is 0 Å². The van der Waals surface area contributed by atoms with Crippen LogP contribution in [0.15, 0.2) is 12.7 Å². The Morgan fingerprint density at radius 3 is 2.12 bits per heavy atom. The first-order valence-corrected chi connectivity index (χ1v) is 6.85. The Kier molecular flexibility index (Phi) is 7.88. The quantitative estimate of drug-likeness (QED) is 0.487. The van der Waals surface area contributed by atoms with Gasteiger partial charge in [0.05, 0.1) is 26.2 Å². The lowest BCUT2D eigenvalue weighted by Gasteiger charge is -2.37. The van der Waals surface area contributed by atoms with Gasteiger partial charge in [0.25, 0.3) is 0 Å². The maximum Gasteiger partial charge on any atom is 0.243 e. The summed E-state index contributed by atoms with van der Waals surface area (Å²) >= 11 is 0. The summed E-state index contributed by atoms with van der Waals surface area (Å²) in [4.78, 5) is 11.3. The van der Waals surface area contributed by atoms with Crippen LogP contribution >= 0.6 is 0 Å². The summed E-state index contributed by atoms with van der Waals surface area (Å²) in [6.07, 6.45) is 3.38. The van der Waals surface area contributed by atoms with Gasteiger partial charge in [-0.05, 0) is 33.3 Å². The lowest BCUT2D eigenvalue weighted by molar-refractivity contribution is -0.923. The van der Waals surface area contributed by atoms with Crippen LogP contribution in [0.5, 0.6) is 0 Å². The van der Waals surface area contributed by atoms with E-state index in [0.29, 0.717) is 0 Å². The van der Waals surface area contributed by atoms with Crippen LogP contribution in [-0.2, 0) is 4.79 Å². The summed E-state index contributed by atoms with van der Waals surface area (Å²) in [7, 11) is 0. The second-order valence-electron chi connectivity index (χ2n) is 4.62. The molecule has 0 aromatic rings. The van der Waals surface area contributed by atoms with Crippen LogP contribution in [0.3, 0.4) is 0 Å². The van der Waals surface area contributed by atoms with Crippen LogP contribution in [0, 0.1) is 0 Å². The van der Waals surface area contributed by atoms with Crippen molar-refractivity contribution in [3.8, 4) is 0 Å². The second-order valence-corrected chi connectivity index (χ2v) is 4.62. The predicted octanol–water partition coefficient (Wildman–Crippen LogP) is 2.33. The SMILES string of the molecule is C=CC(=O)NC(CC)CC[N+](CC)(CC)CC. The van der Waals surface area contributed by atoms with Crippen molar-refractivity contribution >= 4 is 5.91 Å². The van der Waals surface area contributed by atoms with E-state index < -0.39 is 0 Å². The van der Waals surface area contributed by atoms with Crippen molar-refractivity contribution in [3.63, 3.8) is 0 Å². The smallest absolute Gasteiger partial charge is 0.243 e. The third kappa shape index (κ3) is 5.35. The van der Waals surface area contributed by atoms with Crippen LogP contribution in [0.25, 0.3) is 0 Å². The molecule has 1 N–H and O–H groups in total. The Morgan fingerprint density at radius 2 is 1.76 bits per heavy atom. The molecule has 0 saturated heterocycles. The molecule has 0 aromatic carbocycles. The van der Waals surface area contributed by atoms with Crippen molar-refractivity contribution in [3.05, 3.63) is 12.7 Å². The van der Waals surface area contributed by atoms with Gasteiger partial charge in [0.1, 0.15) is 0 Å². The van der Waals surface area contributed by atoms with E-state index >= 15 is 0 Å². The minimum Gasteiger partial charge on any atom is -0.350 e. The summed E-state index contributed by atoms with van der Waals surface area (Å²) in [5.74, 6) is -0.0561. The predicted molar refractivity (Wildman–Crippen MR) is 73.8 cm³/mol. The molecule has 3 heteroatoms. The van der Waals surface area contributed by atoms with E-state index in [9.17, 15) is 4.79 Å². The van der Waals surface area contributed by atoms with E-state index in [-0.39, 0.29) is 11.9 Å². The maximum absolute atomic E-state index is 11.3. The molecular weight excluding hydrogens is 212 g/mol. The molecule has 0 aliphatic heterocycles. The largest absolute Gasteiger partial charge is 0.350 e. The summed E-state index contributed by atoms with van der Waals surface area (Å²) in [6.45, 7) is 17.0. The summed E-state index contributed by atoms with van der Waals surface area (Å²) < 4.78 is 1.14. The molecule has 17 heavy (non-hydrogen) atoms. The fraction of sp³-hybridized carbons (Fsp3) is 0.786. The lowest BCUT2D eigenvalue weighted by atomic mass is 10.1. The fourth-order valence-electron chi connectivity index (χ4n) is 2.21. The lowest BCUT2D eigenvalue weighted by Crippen LogP contribution is -2.50. The molecule has 0 aromatic heterocycles. The van der Waals surface area contributed by atoms with Crippen LogP contribution < -0.4 is 5.32 Å². The molecule has 0 aliphatic rings. The molecular formula is C14H29N2O+. The molecule has 1 unspecified atom stereocenters. The Balaban J connectivity index is 4.29. The van der Waals surface area contributed by atoms with Gasteiger partial charge in [0, 0.05) is 12.5 Å². The van der Waals surface area contributed by atoms with Crippen molar-refractivity contribution in [2.24, 2.45) is 0 Å². The first-order valence-electron chi connectivity index (χ1n) is 6.85. The average Bonchev–Trinajstić information content (AvgIpc) is 2.39. The van der Waals surface area contributed by atoms with Crippen molar-refractivity contribution in [2.75, 3.05) is 26.2 Å². The fourth-order valence-corrected chi connectivity index (χ4v) is 2.21. The highest BCUT2D eigenvalue weighted by Gasteiger charge is 2.22. The molecule has 100 valence electrons. The monoisotopic (exact) mass is 241 g/mol. The normalized spacial score (nSPS) is 13.2. The van der Waals surface area contributed by atoms with Gasteiger partial charge in [-0.25, -0.2) is 0 Å². The number of nitrogens with zero attached hydrogens (tertiary/aromatic N) is 1. The zero-order valence-electron chi connectivity index (χ0n) is 12.0. The van der Waals surface area contributed by atoms with Gasteiger partial charge in [-0.1, -0.05) is 13.5 Å². The van der Waals surface area contributed by atoms with Crippen LogP contribution in [-0.4, -0.2) is 42.6 Å². The van der Waals surface area contributed by atoms with Crippen LogP contribution in [0.1, 0.15) is 40.5 Å². The summed E-state index contributed by atoms with van der Waals surface area (Å²) in [5, 5.41) is 2.99. The van der Waals surface area contributed by atoms with E-state index in [1.54, 1.807) is 0 Å². The Hall–Kier alpha value is -0.830. The van der Waals surface area contributed by atoms with E-state index in [0.717, 1.165) is 23.9 Å². The number of quaternary nitrogens is 1. The molecule has 0 fully saturated rings. The number of carbonyl (C=O) groups is 1. The minimum absolute atomic E-state index is 0.0561. The molecule has 3 nitrogen and oxygen atoms in total. The Labute approximate surface area is 106 Å². The molecule has 0 heterocycles. The van der Waals surface area contributed by atoms with Crippen molar-refractivity contribution < 1.29 is 9.28 Å². The highest BCUT2D eigenvalue weighted by Crippen LogP contribution is 2.10. The van der Waals surface area contributed by atoms with E-state index in [4.69, 9.17) is 0 Å². The van der Waals surface area contributed by atoms with Gasteiger partial charge in [0.2, 0.25) is 5.91 Å². The van der Waals surface area contributed by atoms with Gasteiger partial charge in [-0.2, -0.15) is 0 Å². The number of amides is 1. The van der Waals surface area contributed by atoms with E-state index in [1.165, 1.54) is 25.7 Å². The topological polar surface area (TPSA) is 29.1 Å². The number of carbonyl (C=O) groups excluding carboxylic acids is 1. The first kappa shape index (κ1) is 16.2. The maximum atomic E-state index is 11.3. The van der Waals surface area contributed by atoms with Gasteiger partial charge in [-0.3, -0.25) is 4.79 Å². The minimum atomic E-state index is -0.0561. The molecule has 0 bridgehead atoms. The Bertz CT molecular complexity index is 226. The number of rotatable bonds is 9. The standard InChI is InChI=1S/C14H28N2O/c1-6-13(15-14(17)7-2)11-12-16(8-3,9-4)10-5/h7,13H,2,6,8-12H2,1,3-5H3/p+1. The zero-order chi connectivity index (χ0) is 13.3. The second kappa shape index (κ2) is 8.29. The van der Waals surface area contributed by atoms with Crippen molar-refractivity contribution in [1.82, 2.24) is 5.32 Å². The van der Waals surface area contributed by atoms with Gasteiger partial charge >= 0.3 is 0 Å². The Morgan fingerprint density at radius 1 is 1.24 bits per heavy atom. The van der Waals surface area contributed by atoms with Crippen LogP contribution in [0.4, 0.5) is 0 Å². The summed E-state index contributed by atoms with van der Waals surface area (Å²) in [6, 6.07) is 0.280.